The fourth-order valence-electron chi connectivity index (χ4n) is 1.36. The predicted molar refractivity (Wildman–Crippen MR) is 64.5 cm³/mol. The summed E-state index contributed by atoms with van der Waals surface area (Å²) in [5.74, 6) is -0.275. The Bertz CT molecular complexity index is 377. The molecule has 1 aromatic rings. The largest absolute Gasteiger partial charge is 0.469 e. The highest BCUT2D eigenvalue weighted by molar-refractivity contribution is 9.08. The van der Waals surface area contributed by atoms with Crippen LogP contribution in [0.4, 0.5) is 0 Å². The van der Waals surface area contributed by atoms with Gasteiger partial charge >= 0.3 is 5.97 Å². The maximum atomic E-state index is 11.2. The molecule has 0 atom stereocenters. The molecule has 0 aromatic heterocycles. The maximum absolute atomic E-state index is 11.2. The summed E-state index contributed by atoms with van der Waals surface area (Å²) in [7, 11) is 1.37. The number of ether oxygens (including phenoxy) is 1. The van der Waals surface area contributed by atoms with Crippen LogP contribution < -0.4 is 0 Å². The molecule has 2 nitrogen and oxygen atoms in total. The normalized spacial score (nSPS) is 10.1. The van der Waals surface area contributed by atoms with Gasteiger partial charge in [-0.3, -0.25) is 4.79 Å². The van der Waals surface area contributed by atoms with Gasteiger partial charge in [-0.1, -0.05) is 39.7 Å². The molecule has 15 heavy (non-hydrogen) atoms. The Morgan fingerprint density at radius 3 is 2.73 bits per heavy atom. The molecule has 1 rings (SSSR count). The number of carbonyl (C=O) groups is 1. The van der Waals surface area contributed by atoms with E-state index in [2.05, 4.69) is 20.7 Å². The number of esters is 1. The van der Waals surface area contributed by atoms with Crippen LogP contribution >= 0.6 is 27.5 Å². The van der Waals surface area contributed by atoms with Crippen LogP contribution in [-0.2, 0) is 21.3 Å². The molecular formula is C11H12BrClO2. The van der Waals surface area contributed by atoms with E-state index in [0.29, 0.717) is 5.02 Å². The van der Waals surface area contributed by atoms with Crippen molar-refractivity contribution in [1.29, 1.82) is 0 Å². The summed E-state index contributed by atoms with van der Waals surface area (Å²) in [6.07, 6.45) is 0.219. The maximum Gasteiger partial charge on any atom is 0.310 e. The Labute approximate surface area is 103 Å². The van der Waals surface area contributed by atoms with E-state index < -0.39 is 0 Å². The topological polar surface area (TPSA) is 26.3 Å². The second kappa shape index (κ2) is 5.52. The molecule has 82 valence electrons. The van der Waals surface area contributed by atoms with E-state index >= 15 is 0 Å². The van der Waals surface area contributed by atoms with E-state index in [4.69, 9.17) is 11.6 Å². The second-order valence-electron chi connectivity index (χ2n) is 3.27. The first-order chi connectivity index (χ1) is 7.08. The highest BCUT2D eigenvalue weighted by Crippen LogP contribution is 2.24. The Kier molecular flexibility index (Phi) is 4.61. The molecule has 0 unspecified atom stereocenters. The minimum Gasteiger partial charge on any atom is -0.469 e. The van der Waals surface area contributed by atoms with Crippen molar-refractivity contribution in [3.63, 3.8) is 0 Å². The van der Waals surface area contributed by atoms with Crippen molar-refractivity contribution in [1.82, 2.24) is 0 Å². The lowest BCUT2D eigenvalue weighted by Gasteiger charge is -2.08. The van der Waals surface area contributed by atoms with Gasteiger partial charge in [-0.25, -0.2) is 0 Å². The molecule has 0 radical (unpaired) electrons. The molecule has 0 heterocycles. The summed E-state index contributed by atoms with van der Waals surface area (Å²) in [5.41, 5.74) is 2.90. The molecule has 4 heteroatoms. The van der Waals surface area contributed by atoms with Crippen LogP contribution in [0.15, 0.2) is 12.1 Å². The van der Waals surface area contributed by atoms with E-state index in [0.717, 1.165) is 22.0 Å². The zero-order chi connectivity index (χ0) is 11.4. The van der Waals surface area contributed by atoms with Crippen LogP contribution in [0.1, 0.15) is 16.7 Å². The molecule has 0 N–H and O–H groups in total. The molecule has 1 aromatic carbocycles. The summed E-state index contributed by atoms with van der Waals surface area (Å²) >= 11 is 9.47. The lowest BCUT2D eigenvalue weighted by Crippen LogP contribution is -2.06. The van der Waals surface area contributed by atoms with Crippen LogP contribution in [0.2, 0.25) is 5.02 Å². The van der Waals surface area contributed by atoms with E-state index in [1.165, 1.54) is 7.11 Å². The summed E-state index contributed by atoms with van der Waals surface area (Å²) in [6, 6.07) is 3.92. The zero-order valence-corrected chi connectivity index (χ0v) is 11.0. The van der Waals surface area contributed by atoms with E-state index in [9.17, 15) is 4.79 Å². The van der Waals surface area contributed by atoms with Crippen molar-refractivity contribution >= 4 is 33.5 Å². The first-order valence-corrected chi connectivity index (χ1v) is 5.99. The van der Waals surface area contributed by atoms with Crippen molar-refractivity contribution in [2.24, 2.45) is 0 Å². The van der Waals surface area contributed by atoms with Gasteiger partial charge in [-0.05, 0) is 23.6 Å². The number of hydrogen-bond donors (Lipinski definition) is 0. The van der Waals surface area contributed by atoms with Crippen LogP contribution in [0, 0.1) is 6.92 Å². The third-order valence-corrected chi connectivity index (χ3v) is 3.29. The molecular weight excluding hydrogens is 279 g/mol. The minimum atomic E-state index is -0.275. The lowest BCUT2D eigenvalue weighted by atomic mass is 10.0. The number of hydrogen-bond acceptors (Lipinski definition) is 2. The molecule has 0 fully saturated rings. The fraction of sp³-hybridized carbons (Fsp3) is 0.364. The number of aryl methyl sites for hydroxylation is 1. The first kappa shape index (κ1) is 12.5. The Morgan fingerprint density at radius 2 is 2.20 bits per heavy atom. The van der Waals surface area contributed by atoms with Crippen molar-refractivity contribution in [2.45, 2.75) is 18.7 Å². The Balaban J connectivity index is 3.05. The molecule has 0 aliphatic carbocycles. The van der Waals surface area contributed by atoms with Gasteiger partial charge in [-0.2, -0.15) is 0 Å². The number of methoxy groups -OCH3 is 1. The average molecular weight is 292 g/mol. The molecule has 0 saturated carbocycles. The molecule has 0 spiro atoms. The van der Waals surface area contributed by atoms with Gasteiger partial charge in [0.15, 0.2) is 0 Å². The summed E-state index contributed by atoms with van der Waals surface area (Å²) in [6.45, 7) is 1.93. The summed E-state index contributed by atoms with van der Waals surface area (Å²) in [5, 5.41) is 1.39. The summed E-state index contributed by atoms with van der Waals surface area (Å²) in [4.78, 5) is 11.2. The number of alkyl halides is 1. The standard InChI is InChI=1S/C11H12BrClO2/c1-7-3-8(6-12)4-9(11(7)13)5-10(14)15-2/h3-4H,5-6H2,1-2H3. The minimum absolute atomic E-state index is 0.219. The van der Waals surface area contributed by atoms with Crippen LogP contribution in [0.25, 0.3) is 0 Å². The molecule has 0 aliphatic rings. The monoisotopic (exact) mass is 290 g/mol. The SMILES string of the molecule is COC(=O)Cc1cc(CBr)cc(C)c1Cl. The Morgan fingerprint density at radius 1 is 1.53 bits per heavy atom. The number of carbonyl (C=O) groups excluding carboxylic acids is 1. The molecule has 0 saturated heterocycles. The molecule has 0 amide bonds. The highest BCUT2D eigenvalue weighted by atomic mass is 79.9. The van der Waals surface area contributed by atoms with Crippen molar-refractivity contribution in [3.05, 3.63) is 33.8 Å². The fourth-order valence-corrected chi connectivity index (χ4v) is 1.86. The van der Waals surface area contributed by atoms with E-state index in [1.54, 1.807) is 0 Å². The highest BCUT2D eigenvalue weighted by Gasteiger charge is 2.10. The van der Waals surface area contributed by atoms with Crippen molar-refractivity contribution < 1.29 is 9.53 Å². The van der Waals surface area contributed by atoms with Crippen LogP contribution in [0.3, 0.4) is 0 Å². The molecule has 0 bridgehead atoms. The lowest BCUT2D eigenvalue weighted by molar-refractivity contribution is -0.139. The number of rotatable bonds is 3. The van der Waals surface area contributed by atoms with Gasteiger partial charge in [0.25, 0.3) is 0 Å². The Hall–Kier alpha value is -0.540. The second-order valence-corrected chi connectivity index (χ2v) is 4.21. The van der Waals surface area contributed by atoms with Crippen LogP contribution in [-0.4, -0.2) is 13.1 Å². The van der Waals surface area contributed by atoms with Gasteiger partial charge in [0.2, 0.25) is 0 Å². The summed E-state index contributed by atoms with van der Waals surface area (Å²) < 4.78 is 4.61. The third kappa shape index (κ3) is 3.21. The van der Waals surface area contributed by atoms with Gasteiger partial charge < -0.3 is 4.74 Å². The molecule has 0 aliphatic heterocycles. The van der Waals surface area contributed by atoms with E-state index in [-0.39, 0.29) is 12.4 Å². The van der Waals surface area contributed by atoms with Gasteiger partial charge in [0.05, 0.1) is 13.5 Å². The van der Waals surface area contributed by atoms with Crippen molar-refractivity contribution in [3.8, 4) is 0 Å². The van der Waals surface area contributed by atoms with Gasteiger partial charge in [-0.15, -0.1) is 0 Å². The van der Waals surface area contributed by atoms with Gasteiger partial charge in [0, 0.05) is 10.4 Å². The quantitative estimate of drug-likeness (QED) is 0.631. The first-order valence-electron chi connectivity index (χ1n) is 4.49. The van der Waals surface area contributed by atoms with Crippen molar-refractivity contribution in [2.75, 3.05) is 7.11 Å². The van der Waals surface area contributed by atoms with Gasteiger partial charge in [0.1, 0.15) is 0 Å². The smallest absolute Gasteiger partial charge is 0.310 e. The predicted octanol–water partition coefficient (Wildman–Crippen LogP) is 3.26. The van der Waals surface area contributed by atoms with Crippen LogP contribution in [0.5, 0.6) is 0 Å². The number of halogens is 2. The zero-order valence-electron chi connectivity index (χ0n) is 8.64. The third-order valence-electron chi connectivity index (χ3n) is 2.11. The number of benzene rings is 1. The van der Waals surface area contributed by atoms with E-state index in [1.807, 2.05) is 19.1 Å². The average Bonchev–Trinajstić information content (AvgIpc) is 2.24.